The van der Waals surface area contributed by atoms with Gasteiger partial charge in [0.05, 0.1) is 22.7 Å². The van der Waals surface area contributed by atoms with Gasteiger partial charge in [0.25, 0.3) is 0 Å². The van der Waals surface area contributed by atoms with Gasteiger partial charge in [0.1, 0.15) is 5.82 Å². The van der Waals surface area contributed by atoms with E-state index >= 15 is 0 Å². The molecule has 1 aromatic carbocycles. The first kappa shape index (κ1) is 21.0. The van der Waals surface area contributed by atoms with Gasteiger partial charge in [-0.05, 0) is 61.6 Å². The van der Waals surface area contributed by atoms with Gasteiger partial charge in [-0.1, -0.05) is 23.7 Å². The smallest absolute Gasteiger partial charge is 0.227 e. The van der Waals surface area contributed by atoms with Crippen LogP contribution in [0.15, 0.2) is 29.2 Å². The zero-order chi connectivity index (χ0) is 21.6. The maximum Gasteiger partial charge on any atom is 0.227 e. The van der Waals surface area contributed by atoms with Gasteiger partial charge < -0.3 is 15.3 Å². The lowest BCUT2D eigenvalue weighted by atomic mass is 9.77. The van der Waals surface area contributed by atoms with E-state index in [9.17, 15) is 9.32 Å². The van der Waals surface area contributed by atoms with E-state index in [1.54, 1.807) is 0 Å². The summed E-state index contributed by atoms with van der Waals surface area (Å²) in [6.45, 7) is 1.79. The minimum atomic E-state index is -2.40. The summed E-state index contributed by atoms with van der Waals surface area (Å²) in [4.78, 5) is 12.6. The zero-order valence-corrected chi connectivity index (χ0v) is 19.2. The monoisotopic (exact) mass is 460 g/mol. The molecule has 31 heavy (non-hydrogen) atoms. The van der Waals surface area contributed by atoms with E-state index in [-0.39, 0.29) is 12.1 Å². The van der Waals surface area contributed by atoms with Crippen LogP contribution in [-0.4, -0.2) is 56.1 Å². The van der Waals surface area contributed by atoms with Crippen molar-refractivity contribution in [1.82, 2.24) is 9.97 Å². The molecule has 0 amide bonds. The SMILES string of the molecule is C=S1(=O)CCc2nc(N3CCC(c4ccc(Cl)cc4)CC3)nc(NC3(CO)CCC3)c21. The average Bonchev–Trinajstić information content (AvgIpc) is 3.06. The van der Waals surface area contributed by atoms with Gasteiger partial charge >= 0.3 is 0 Å². The third-order valence-corrected chi connectivity index (χ3v) is 9.37. The van der Waals surface area contributed by atoms with Crippen molar-refractivity contribution in [3.63, 3.8) is 0 Å². The Morgan fingerprint density at radius 2 is 1.94 bits per heavy atom. The van der Waals surface area contributed by atoms with Crippen LogP contribution in [0.5, 0.6) is 0 Å². The molecule has 8 heteroatoms. The van der Waals surface area contributed by atoms with Gasteiger partial charge in [-0.25, -0.2) is 4.98 Å². The predicted molar refractivity (Wildman–Crippen MR) is 127 cm³/mol. The molecule has 2 aromatic rings. The number of rotatable bonds is 5. The van der Waals surface area contributed by atoms with Crippen molar-refractivity contribution in [3.8, 4) is 0 Å². The van der Waals surface area contributed by atoms with Crippen molar-refractivity contribution in [2.75, 3.05) is 35.7 Å². The summed E-state index contributed by atoms with van der Waals surface area (Å²) in [5.74, 6) is 6.32. The summed E-state index contributed by atoms with van der Waals surface area (Å²) in [5.41, 5.74) is 1.81. The zero-order valence-electron chi connectivity index (χ0n) is 17.6. The van der Waals surface area contributed by atoms with Crippen LogP contribution >= 0.6 is 11.6 Å². The molecule has 1 saturated heterocycles. The molecule has 6 nitrogen and oxygen atoms in total. The lowest BCUT2D eigenvalue weighted by Gasteiger charge is -2.42. The highest BCUT2D eigenvalue weighted by Gasteiger charge is 2.39. The maximum absolute atomic E-state index is 13.1. The molecule has 1 atom stereocenters. The van der Waals surface area contributed by atoms with Crippen LogP contribution in [0.25, 0.3) is 0 Å². The Morgan fingerprint density at radius 3 is 2.55 bits per heavy atom. The quantitative estimate of drug-likeness (QED) is 0.665. The number of nitrogens with one attached hydrogen (secondary N) is 1. The number of aliphatic hydroxyl groups excluding tert-OH is 1. The number of hydrogen-bond donors (Lipinski definition) is 2. The van der Waals surface area contributed by atoms with Crippen molar-refractivity contribution in [2.24, 2.45) is 0 Å². The van der Waals surface area contributed by atoms with E-state index in [0.717, 1.165) is 55.9 Å². The Morgan fingerprint density at radius 1 is 1.23 bits per heavy atom. The summed E-state index contributed by atoms with van der Waals surface area (Å²) in [7, 11) is -2.40. The molecule has 1 saturated carbocycles. The lowest BCUT2D eigenvalue weighted by Crippen LogP contribution is -2.49. The minimum Gasteiger partial charge on any atom is -0.394 e. The first-order chi connectivity index (χ1) is 14.9. The van der Waals surface area contributed by atoms with Gasteiger partial charge in [0, 0.05) is 39.8 Å². The maximum atomic E-state index is 13.1. The largest absolute Gasteiger partial charge is 0.394 e. The number of fused-ring (bicyclic) bond motifs is 1. The summed E-state index contributed by atoms with van der Waals surface area (Å²) < 4.78 is 13.1. The van der Waals surface area contributed by atoms with E-state index < -0.39 is 9.52 Å². The van der Waals surface area contributed by atoms with Gasteiger partial charge in [-0.3, -0.25) is 4.21 Å². The van der Waals surface area contributed by atoms with Gasteiger partial charge in [-0.2, -0.15) is 4.98 Å². The molecule has 0 spiro atoms. The second-order valence-corrected chi connectivity index (χ2v) is 12.0. The number of hydrogen-bond acceptors (Lipinski definition) is 6. The topological polar surface area (TPSA) is 78.4 Å². The Kier molecular flexibility index (Phi) is 5.39. The van der Waals surface area contributed by atoms with Gasteiger partial charge in [-0.15, -0.1) is 0 Å². The lowest BCUT2D eigenvalue weighted by molar-refractivity contribution is 0.143. The highest BCUT2D eigenvalue weighted by Crippen LogP contribution is 2.40. The molecule has 2 aliphatic heterocycles. The van der Waals surface area contributed by atoms with Gasteiger partial charge in [0.2, 0.25) is 5.95 Å². The minimum absolute atomic E-state index is 0.0475. The number of aryl methyl sites for hydroxylation is 1. The van der Waals surface area contributed by atoms with Crippen LogP contribution in [0.2, 0.25) is 5.02 Å². The van der Waals surface area contributed by atoms with Crippen LogP contribution < -0.4 is 10.2 Å². The molecule has 0 radical (unpaired) electrons. The first-order valence-electron chi connectivity index (χ1n) is 11.0. The van der Waals surface area contributed by atoms with E-state index in [4.69, 9.17) is 21.6 Å². The Bertz CT molecular complexity index is 1070. The molecule has 1 aliphatic carbocycles. The fraction of sp³-hybridized carbons (Fsp3) is 0.522. The van der Waals surface area contributed by atoms with E-state index in [1.165, 1.54) is 5.56 Å². The predicted octanol–water partition coefficient (Wildman–Crippen LogP) is 3.47. The van der Waals surface area contributed by atoms with Crippen molar-refractivity contribution in [3.05, 3.63) is 40.5 Å². The number of aliphatic hydroxyl groups is 1. The van der Waals surface area contributed by atoms with Crippen LogP contribution in [0, 0.1) is 0 Å². The number of piperidine rings is 1. The summed E-state index contributed by atoms with van der Waals surface area (Å²) in [5, 5.41) is 14.2. The Balaban J connectivity index is 1.40. The number of anilines is 2. The summed E-state index contributed by atoms with van der Waals surface area (Å²) in [6.07, 6.45) is 5.57. The molecule has 3 heterocycles. The third kappa shape index (κ3) is 3.92. The molecule has 0 bridgehead atoms. The molecular formula is C23H29ClN4O2S. The second-order valence-electron chi connectivity index (χ2n) is 9.14. The van der Waals surface area contributed by atoms with E-state index in [1.807, 2.05) is 12.1 Å². The standard InChI is InChI=1S/C23H29ClN4O2S/c1-31(30)14-9-19-20(31)21(27-23(15-29)10-2-11-23)26-22(25-19)28-12-7-17(8-13-28)16-3-5-18(24)6-4-16/h3-6,17,29H,1-2,7-15H2,(H,25,26,27). The molecular weight excluding hydrogens is 432 g/mol. The van der Waals surface area contributed by atoms with Crippen LogP contribution in [-0.2, 0) is 15.9 Å². The van der Waals surface area contributed by atoms with Gasteiger partial charge in [0.15, 0.2) is 0 Å². The van der Waals surface area contributed by atoms with E-state index in [2.05, 4.69) is 28.2 Å². The fourth-order valence-electron chi connectivity index (χ4n) is 4.96. The number of nitrogens with zero attached hydrogens (tertiary/aromatic N) is 3. The van der Waals surface area contributed by atoms with Crippen LogP contribution in [0.4, 0.5) is 11.8 Å². The average molecular weight is 461 g/mol. The van der Waals surface area contributed by atoms with Crippen LogP contribution in [0.1, 0.15) is 49.3 Å². The summed E-state index contributed by atoms with van der Waals surface area (Å²) in [6, 6.07) is 8.15. The number of halogens is 1. The fourth-order valence-corrected chi connectivity index (χ4v) is 6.84. The van der Waals surface area contributed by atoms with Crippen molar-refractivity contribution >= 4 is 38.8 Å². The first-order valence-corrected chi connectivity index (χ1v) is 13.3. The van der Waals surface area contributed by atoms with Crippen LogP contribution in [0.3, 0.4) is 0 Å². The molecule has 2 fully saturated rings. The molecule has 2 N–H and O–H groups in total. The van der Waals surface area contributed by atoms with Crippen molar-refractivity contribution in [1.29, 1.82) is 0 Å². The second kappa shape index (κ2) is 7.94. The number of benzene rings is 1. The molecule has 1 unspecified atom stereocenters. The molecule has 3 aliphatic rings. The molecule has 166 valence electrons. The van der Waals surface area contributed by atoms with E-state index in [0.29, 0.717) is 34.8 Å². The molecule has 5 rings (SSSR count). The Hall–Kier alpha value is -1.83. The Labute approximate surface area is 189 Å². The normalized spacial score (nSPS) is 25.2. The van der Waals surface area contributed by atoms with Crippen molar-refractivity contribution < 1.29 is 9.32 Å². The highest BCUT2D eigenvalue weighted by molar-refractivity contribution is 8.00. The highest BCUT2D eigenvalue weighted by atomic mass is 35.5. The number of aromatic nitrogens is 2. The molecule has 1 aromatic heterocycles. The summed E-state index contributed by atoms with van der Waals surface area (Å²) >= 11 is 6.03. The third-order valence-electron chi connectivity index (χ3n) is 7.08. The van der Waals surface area contributed by atoms with Crippen molar-refractivity contribution in [2.45, 2.75) is 54.9 Å².